The second-order valence-corrected chi connectivity index (χ2v) is 9.60. The standard InChI is InChI=1S/C22H45NO/c1-7-8-9-10-11-12-15-20(21(2,3)4)22(5,6)24-18-19-14-13-16-23-17-19/h19-20,23H,7-18H2,1-6H3. The Labute approximate surface area is 152 Å². The third-order valence-electron chi connectivity index (χ3n) is 5.82. The molecule has 1 saturated heterocycles. The number of unbranched alkanes of at least 4 members (excludes halogenated alkanes) is 5. The first-order chi connectivity index (χ1) is 11.3. The van der Waals surface area contributed by atoms with Crippen LogP contribution >= 0.6 is 0 Å². The first-order valence-electron chi connectivity index (χ1n) is 10.6. The molecule has 0 aromatic rings. The maximum absolute atomic E-state index is 6.51. The smallest absolute Gasteiger partial charge is 0.0659 e. The zero-order valence-electron chi connectivity index (χ0n) is 17.5. The van der Waals surface area contributed by atoms with Crippen LogP contribution in [0.4, 0.5) is 0 Å². The van der Waals surface area contributed by atoms with E-state index in [2.05, 4.69) is 46.9 Å². The summed E-state index contributed by atoms with van der Waals surface area (Å²) in [6.45, 7) is 17.4. The van der Waals surface area contributed by atoms with E-state index in [-0.39, 0.29) is 5.60 Å². The van der Waals surface area contributed by atoms with E-state index >= 15 is 0 Å². The lowest BCUT2D eigenvalue weighted by atomic mass is 9.69. The normalized spacial score (nSPS) is 21.0. The molecule has 0 bridgehead atoms. The molecule has 0 aromatic heterocycles. The van der Waals surface area contributed by atoms with E-state index in [1.165, 1.54) is 64.3 Å². The van der Waals surface area contributed by atoms with Crippen LogP contribution in [-0.4, -0.2) is 25.3 Å². The lowest BCUT2D eigenvalue weighted by Crippen LogP contribution is -2.44. The molecule has 2 heteroatoms. The van der Waals surface area contributed by atoms with Crippen molar-refractivity contribution in [3.8, 4) is 0 Å². The number of hydrogen-bond acceptors (Lipinski definition) is 2. The van der Waals surface area contributed by atoms with Gasteiger partial charge in [-0.1, -0.05) is 66.2 Å². The van der Waals surface area contributed by atoms with Crippen molar-refractivity contribution in [2.75, 3.05) is 19.7 Å². The second kappa shape index (κ2) is 10.8. The Hall–Kier alpha value is -0.0800. The van der Waals surface area contributed by atoms with E-state index in [1.807, 2.05) is 0 Å². The third kappa shape index (κ3) is 8.34. The Kier molecular flexibility index (Phi) is 9.89. The van der Waals surface area contributed by atoms with E-state index in [9.17, 15) is 0 Å². The van der Waals surface area contributed by atoms with E-state index in [4.69, 9.17) is 4.74 Å². The van der Waals surface area contributed by atoms with Crippen LogP contribution in [0.5, 0.6) is 0 Å². The summed E-state index contributed by atoms with van der Waals surface area (Å²) in [5.41, 5.74) is 0.275. The Balaban J connectivity index is 2.45. The highest BCUT2D eigenvalue weighted by Crippen LogP contribution is 2.40. The molecule has 1 rings (SSSR count). The number of rotatable bonds is 11. The largest absolute Gasteiger partial charge is 0.375 e. The zero-order valence-corrected chi connectivity index (χ0v) is 17.5. The monoisotopic (exact) mass is 339 g/mol. The van der Waals surface area contributed by atoms with Gasteiger partial charge in [0.15, 0.2) is 0 Å². The summed E-state index contributed by atoms with van der Waals surface area (Å²) in [4.78, 5) is 0. The van der Waals surface area contributed by atoms with Crippen LogP contribution < -0.4 is 5.32 Å². The van der Waals surface area contributed by atoms with Gasteiger partial charge in [-0.3, -0.25) is 0 Å². The molecular formula is C22H45NO. The van der Waals surface area contributed by atoms with Crippen molar-refractivity contribution in [1.29, 1.82) is 0 Å². The minimum Gasteiger partial charge on any atom is -0.375 e. The van der Waals surface area contributed by atoms with Crippen molar-refractivity contribution in [3.05, 3.63) is 0 Å². The average molecular weight is 340 g/mol. The highest BCUT2D eigenvalue weighted by Gasteiger charge is 2.38. The van der Waals surface area contributed by atoms with Crippen LogP contribution in [0, 0.1) is 17.3 Å². The highest BCUT2D eigenvalue weighted by atomic mass is 16.5. The SMILES string of the molecule is CCCCCCCCC(C(C)(C)C)C(C)(C)OCC1CCCNC1. The van der Waals surface area contributed by atoms with E-state index in [1.54, 1.807) is 0 Å². The van der Waals surface area contributed by atoms with Gasteiger partial charge in [-0.2, -0.15) is 0 Å². The summed E-state index contributed by atoms with van der Waals surface area (Å²) in [5, 5.41) is 3.51. The van der Waals surface area contributed by atoms with Crippen molar-refractivity contribution < 1.29 is 4.74 Å². The molecule has 1 N–H and O–H groups in total. The first kappa shape index (κ1) is 22.0. The lowest BCUT2D eigenvalue weighted by molar-refractivity contribution is -0.107. The topological polar surface area (TPSA) is 21.3 Å². The van der Waals surface area contributed by atoms with Gasteiger partial charge >= 0.3 is 0 Å². The van der Waals surface area contributed by atoms with Crippen molar-refractivity contribution in [3.63, 3.8) is 0 Å². The van der Waals surface area contributed by atoms with Crippen molar-refractivity contribution in [1.82, 2.24) is 5.32 Å². The number of piperidine rings is 1. The summed E-state index contributed by atoms with van der Waals surface area (Å²) < 4.78 is 6.51. The summed E-state index contributed by atoms with van der Waals surface area (Å²) in [5.74, 6) is 1.32. The number of nitrogens with one attached hydrogen (secondary N) is 1. The number of ether oxygens (including phenoxy) is 1. The van der Waals surface area contributed by atoms with Crippen LogP contribution in [0.15, 0.2) is 0 Å². The molecule has 2 unspecified atom stereocenters. The molecule has 2 atom stereocenters. The predicted molar refractivity (Wildman–Crippen MR) is 107 cm³/mol. The molecule has 2 nitrogen and oxygen atoms in total. The molecule has 0 saturated carbocycles. The molecule has 0 aromatic carbocycles. The molecule has 0 amide bonds. The van der Waals surface area contributed by atoms with Crippen LogP contribution in [-0.2, 0) is 4.74 Å². The van der Waals surface area contributed by atoms with Crippen LogP contribution in [0.3, 0.4) is 0 Å². The average Bonchev–Trinajstić information content (AvgIpc) is 2.52. The van der Waals surface area contributed by atoms with Gasteiger partial charge in [-0.25, -0.2) is 0 Å². The quantitative estimate of drug-likeness (QED) is 0.453. The molecule has 144 valence electrons. The molecule has 1 fully saturated rings. The number of hydrogen-bond donors (Lipinski definition) is 1. The van der Waals surface area contributed by atoms with Crippen molar-refractivity contribution in [2.24, 2.45) is 17.3 Å². The van der Waals surface area contributed by atoms with Crippen LogP contribution in [0.25, 0.3) is 0 Å². The van der Waals surface area contributed by atoms with E-state index < -0.39 is 0 Å². The van der Waals surface area contributed by atoms with Gasteiger partial charge in [0.25, 0.3) is 0 Å². The van der Waals surface area contributed by atoms with Crippen LogP contribution in [0.1, 0.15) is 99.3 Å². The summed E-state index contributed by atoms with van der Waals surface area (Å²) in [7, 11) is 0. The van der Waals surface area contributed by atoms with Gasteiger partial charge in [0.1, 0.15) is 0 Å². The first-order valence-corrected chi connectivity index (χ1v) is 10.6. The van der Waals surface area contributed by atoms with E-state index in [0.717, 1.165) is 13.2 Å². The Morgan fingerprint density at radius 1 is 1.00 bits per heavy atom. The van der Waals surface area contributed by atoms with Crippen molar-refractivity contribution in [2.45, 2.75) is 105 Å². The summed E-state index contributed by atoms with van der Waals surface area (Å²) in [6.07, 6.45) is 12.2. The fourth-order valence-corrected chi connectivity index (χ4v) is 4.45. The van der Waals surface area contributed by atoms with Gasteiger partial charge in [-0.05, 0) is 56.9 Å². The fraction of sp³-hybridized carbons (Fsp3) is 1.00. The molecule has 0 radical (unpaired) electrons. The summed E-state index contributed by atoms with van der Waals surface area (Å²) in [6, 6.07) is 0. The van der Waals surface area contributed by atoms with Crippen LogP contribution in [0.2, 0.25) is 0 Å². The second-order valence-electron chi connectivity index (χ2n) is 9.60. The van der Waals surface area contributed by atoms with Gasteiger partial charge in [0.05, 0.1) is 12.2 Å². The van der Waals surface area contributed by atoms with E-state index in [0.29, 0.717) is 17.3 Å². The molecule has 0 aliphatic carbocycles. The summed E-state index contributed by atoms with van der Waals surface area (Å²) >= 11 is 0. The maximum Gasteiger partial charge on any atom is 0.0659 e. The molecule has 0 spiro atoms. The molecule has 1 heterocycles. The predicted octanol–water partition coefficient (Wildman–Crippen LogP) is 6.19. The zero-order chi connectivity index (χ0) is 18.1. The Morgan fingerprint density at radius 2 is 1.67 bits per heavy atom. The highest BCUT2D eigenvalue weighted by molar-refractivity contribution is 4.88. The molecule has 24 heavy (non-hydrogen) atoms. The lowest BCUT2D eigenvalue weighted by Gasteiger charge is -2.43. The van der Waals surface area contributed by atoms with Gasteiger partial charge in [0, 0.05) is 6.54 Å². The molecular weight excluding hydrogens is 294 g/mol. The van der Waals surface area contributed by atoms with Gasteiger partial charge in [0.2, 0.25) is 0 Å². The van der Waals surface area contributed by atoms with Gasteiger partial charge in [-0.15, -0.1) is 0 Å². The Morgan fingerprint density at radius 3 is 2.25 bits per heavy atom. The van der Waals surface area contributed by atoms with Crippen molar-refractivity contribution >= 4 is 0 Å². The maximum atomic E-state index is 6.51. The minimum absolute atomic E-state index is 0.0287. The third-order valence-corrected chi connectivity index (χ3v) is 5.82. The van der Waals surface area contributed by atoms with Gasteiger partial charge < -0.3 is 10.1 Å². The Bertz CT molecular complexity index is 312. The fourth-order valence-electron chi connectivity index (χ4n) is 4.45. The molecule has 1 aliphatic rings. The molecule has 1 aliphatic heterocycles. The minimum atomic E-state index is -0.0287.